The lowest BCUT2D eigenvalue weighted by Crippen LogP contribution is -2.44. The molecular formula is C19H24N2O4S. The van der Waals surface area contributed by atoms with Crippen LogP contribution in [0.2, 0.25) is 0 Å². The first-order valence-corrected chi connectivity index (χ1v) is 9.71. The highest BCUT2D eigenvalue weighted by molar-refractivity contribution is 7.89. The smallest absolute Gasteiger partial charge is 0.244 e. The Morgan fingerprint density at radius 3 is 2.31 bits per heavy atom. The van der Waals surface area contributed by atoms with Gasteiger partial charge in [-0.2, -0.15) is 4.72 Å². The molecule has 2 N–H and O–H groups in total. The number of benzene rings is 2. The number of sulfonamides is 1. The molecule has 0 heterocycles. The van der Waals surface area contributed by atoms with Crippen LogP contribution in [0.4, 0.5) is 0 Å². The maximum atomic E-state index is 12.6. The molecule has 2 aromatic rings. The van der Waals surface area contributed by atoms with Gasteiger partial charge in [0.1, 0.15) is 10.6 Å². The molecule has 0 radical (unpaired) electrons. The second-order valence-corrected chi connectivity index (χ2v) is 7.88. The van der Waals surface area contributed by atoms with Crippen LogP contribution in [0, 0.1) is 13.8 Å². The average Bonchev–Trinajstić information content (AvgIpc) is 2.60. The summed E-state index contributed by atoms with van der Waals surface area (Å²) in [6.07, 6.45) is 0. The van der Waals surface area contributed by atoms with Crippen molar-refractivity contribution in [1.29, 1.82) is 0 Å². The van der Waals surface area contributed by atoms with E-state index < -0.39 is 22.0 Å². The van der Waals surface area contributed by atoms with Crippen molar-refractivity contribution >= 4 is 15.9 Å². The quantitative estimate of drug-likeness (QED) is 0.777. The van der Waals surface area contributed by atoms with Crippen molar-refractivity contribution in [3.63, 3.8) is 0 Å². The number of methoxy groups -OCH3 is 1. The van der Waals surface area contributed by atoms with Crippen LogP contribution in [0.5, 0.6) is 5.75 Å². The fourth-order valence-corrected chi connectivity index (χ4v) is 3.85. The highest BCUT2D eigenvalue weighted by atomic mass is 32.2. The normalized spacial score (nSPS) is 12.5. The van der Waals surface area contributed by atoms with Gasteiger partial charge in [-0.3, -0.25) is 4.79 Å². The van der Waals surface area contributed by atoms with Crippen LogP contribution in [0.3, 0.4) is 0 Å². The Labute approximate surface area is 154 Å². The molecule has 0 aliphatic carbocycles. The third-order valence-electron chi connectivity index (χ3n) is 3.92. The molecule has 0 aliphatic heterocycles. The molecular weight excluding hydrogens is 352 g/mol. The molecule has 1 atom stereocenters. The van der Waals surface area contributed by atoms with Crippen molar-refractivity contribution in [2.75, 3.05) is 7.11 Å². The highest BCUT2D eigenvalue weighted by Gasteiger charge is 2.25. The number of carbonyl (C=O) groups excluding carboxylic acids is 1. The molecule has 0 saturated carbocycles. The van der Waals surface area contributed by atoms with Gasteiger partial charge in [0.15, 0.2) is 0 Å². The van der Waals surface area contributed by atoms with Crippen molar-refractivity contribution in [3.05, 3.63) is 59.2 Å². The maximum absolute atomic E-state index is 12.6. The van der Waals surface area contributed by atoms with E-state index in [4.69, 9.17) is 4.74 Å². The Balaban J connectivity index is 2.05. The van der Waals surface area contributed by atoms with Gasteiger partial charge in [0, 0.05) is 6.54 Å². The second-order valence-electron chi connectivity index (χ2n) is 6.20. The fourth-order valence-electron chi connectivity index (χ4n) is 2.39. The zero-order valence-electron chi connectivity index (χ0n) is 15.4. The minimum atomic E-state index is -3.89. The van der Waals surface area contributed by atoms with Gasteiger partial charge in [-0.05, 0) is 44.0 Å². The molecule has 140 valence electrons. The summed E-state index contributed by atoms with van der Waals surface area (Å²) < 4.78 is 32.8. The summed E-state index contributed by atoms with van der Waals surface area (Å²) in [4.78, 5) is 12.3. The standard InChI is InChI=1S/C19H24N2O4S/c1-13-5-8-16(9-6-13)12-20-19(22)15(3)21-26(23,24)18-11-14(2)7-10-17(18)25-4/h5-11,15,21H,12H2,1-4H3,(H,20,22)/t15-/m0/s1. The van der Waals surface area contributed by atoms with Gasteiger partial charge in [-0.25, -0.2) is 8.42 Å². The van der Waals surface area contributed by atoms with Crippen LogP contribution in [0.25, 0.3) is 0 Å². The number of carbonyl (C=O) groups is 1. The lowest BCUT2D eigenvalue weighted by atomic mass is 10.1. The summed E-state index contributed by atoms with van der Waals surface area (Å²) in [6.45, 7) is 5.61. The molecule has 0 unspecified atom stereocenters. The molecule has 0 aromatic heterocycles. The lowest BCUT2D eigenvalue weighted by molar-refractivity contribution is -0.122. The Hall–Kier alpha value is -2.38. The van der Waals surface area contributed by atoms with Crippen LogP contribution in [0.1, 0.15) is 23.6 Å². The van der Waals surface area contributed by atoms with E-state index in [1.54, 1.807) is 19.1 Å². The molecule has 26 heavy (non-hydrogen) atoms. The van der Waals surface area contributed by atoms with Crippen molar-refractivity contribution in [2.45, 2.75) is 38.3 Å². The molecule has 7 heteroatoms. The number of nitrogens with one attached hydrogen (secondary N) is 2. The van der Waals surface area contributed by atoms with E-state index in [9.17, 15) is 13.2 Å². The molecule has 0 spiro atoms. The number of aryl methyl sites for hydroxylation is 2. The van der Waals surface area contributed by atoms with E-state index >= 15 is 0 Å². The van der Waals surface area contributed by atoms with Crippen LogP contribution >= 0.6 is 0 Å². The van der Waals surface area contributed by atoms with Gasteiger partial charge in [-0.1, -0.05) is 35.9 Å². The second kappa shape index (κ2) is 8.33. The van der Waals surface area contributed by atoms with Crippen molar-refractivity contribution < 1.29 is 17.9 Å². The van der Waals surface area contributed by atoms with Crippen LogP contribution in [-0.2, 0) is 21.4 Å². The topological polar surface area (TPSA) is 84.5 Å². The Morgan fingerprint density at radius 2 is 1.69 bits per heavy atom. The predicted octanol–water partition coefficient (Wildman–Crippen LogP) is 2.30. The molecule has 0 saturated heterocycles. The van der Waals surface area contributed by atoms with Crippen molar-refractivity contribution in [2.24, 2.45) is 0 Å². The molecule has 0 aliphatic rings. The summed E-state index contributed by atoms with van der Waals surface area (Å²) in [5.74, 6) is -0.170. The largest absolute Gasteiger partial charge is 0.495 e. The minimum absolute atomic E-state index is 0.0122. The predicted molar refractivity (Wildman–Crippen MR) is 101 cm³/mol. The Bertz CT molecular complexity index is 877. The third-order valence-corrected chi connectivity index (χ3v) is 5.48. The van der Waals surface area contributed by atoms with Crippen molar-refractivity contribution in [3.8, 4) is 5.75 Å². The third kappa shape index (κ3) is 5.06. The summed E-state index contributed by atoms with van der Waals surface area (Å²) in [5.41, 5.74) is 2.86. The van der Waals surface area contributed by atoms with E-state index in [-0.39, 0.29) is 10.6 Å². The minimum Gasteiger partial charge on any atom is -0.495 e. The van der Waals surface area contributed by atoms with Crippen molar-refractivity contribution in [1.82, 2.24) is 10.0 Å². The first kappa shape index (κ1) is 19.9. The van der Waals surface area contributed by atoms with Crippen LogP contribution < -0.4 is 14.8 Å². The lowest BCUT2D eigenvalue weighted by Gasteiger charge is -2.16. The summed E-state index contributed by atoms with van der Waals surface area (Å²) in [7, 11) is -2.49. The van der Waals surface area contributed by atoms with Gasteiger partial charge in [0.2, 0.25) is 15.9 Å². The van der Waals surface area contributed by atoms with E-state index in [1.807, 2.05) is 31.2 Å². The van der Waals surface area contributed by atoms with Crippen LogP contribution in [-0.4, -0.2) is 27.5 Å². The van der Waals surface area contributed by atoms with E-state index in [0.29, 0.717) is 6.54 Å². The van der Waals surface area contributed by atoms with Gasteiger partial charge >= 0.3 is 0 Å². The summed E-state index contributed by atoms with van der Waals surface area (Å²) >= 11 is 0. The monoisotopic (exact) mass is 376 g/mol. The molecule has 0 fully saturated rings. The van der Waals surface area contributed by atoms with Gasteiger partial charge < -0.3 is 10.1 Å². The van der Waals surface area contributed by atoms with Gasteiger partial charge in [0.25, 0.3) is 0 Å². The first-order chi connectivity index (χ1) is 12.2. The molecule has 2 rings (SSSR count). The van der Waals surface area contributed by atoms with E-state index in [2.05, 4.69) is 10.0 Å². The fraction of sp³-hybridized carbons (Fsp3) is 0.316. The number of hydrogen-bond donors (Lipinski definition) is 2. The number of rotatable bonds is 7. The Kier molecular flexibility index (Phi) is 6.39. The number of amides is 1. The molecule has 6 nitrogen and oxygen atoms in total. The highest BCUT2D eigenvalue weighted by Crippen LogP contribution is 2.24. The van der Waals surface area contributed by atoms with Gasteiger partial charge in [0.05, 0.1) is 13.2 Å². The summed E-state index contributed by atoms with van der Waals surface area (Å²) in [5, 5.41) is 2.74. The molecule has 2 aromatic carbocycles. The molecule has 0 bridgehead atoms. The average molecular weight is 376 g/mol. The summed E-state index contributed by atoms with van der Waals surface area (Å²) in [6, 6.07) is 11.7. The Morgan fingerprint density at radius 1 is 1.08 bits per heavy atom. The van der Waals surface area contributed by atoms with E-state index in [1.165, 1.54) is 20.1 Å². The van der Waals surface area contributed by atoms with Crippen LogP contribution in [0.15, 0.2) is 47.4 Å². The van der Waals surface area contributed by atoms with Gasteiger partial charge in [-0.15, -0.1) is 0 Å². The molecule has 1 amide bonds. The zero-order valence-corrected chi connectivity index (χ0v) is 16.2. The maximum Gasteiger partial charge on any atom is 0.244 e. The number of hydrogen-bond acceptors (Lipinski definition) is 4. The number of ether oxygens (including phenoxy) is 1. The van der Waals surface area contributed by atoms with E-state index in [0.717, 1.165) is 16.7 Å². The first-order valence-electron chi connectivity index (χ1n) is 8.23. The SMILES string of the molecule is COc1ccc(C)cc1S(=O)(=O)N[C@@H](C)C(=O)NCc1ccc(C)cc1. The zero-order chi connectivity index (χ0) is 19.3.